The summed E-state index contributed by atoms with van der Waals surface area (Å²) >= 11 is 5.84. The zero-order valence-corrected chi connectivity index (χ0v) is 13.1. The fourth-order valence-electron chi connectivity index (χ4n) is 2.22. The first-order chi connectivity index (χ1) is 9.08. The molecule has 7 heteroatoms. The van der Waals surface area contributed by atoms with Crippen LogP contribution in [0.15, 0.2) is 0 Å². The highest BCUT2D eigenvalue weighted by atomic mass is 35.5. The van der Waals surface area contributed by atoms with E-state index < -0.39 is 10.8 Å². The summed E-state index contributed by atoms with van der Waals surface area (Å²) in [6.45, 7) is 5.51. The summed E-state index contributed by atoms with van der Waals surface area (Å²) in [6, 6.07) is 0. The van der Waals surface area contributed by atoms with E-state index in [1.54, 1.807) is 6.26 Å². The van der Waals surface area contributed by atoms with Crippen LogP contribution < -0.4 is 0 Å². The van der Waals surface area contributed by atoms with Gasteiger partial charge in [0.25, 0.3) is 0 Å². The summed E-state index contributed by atoms with van der Waals surface area (Å²) < 4.78 is 15.4. The minimum Gasteiger partial charge on any atom is -0.312 e. The van der Waals surface area contributed by atoms with Crippen LogP contribution in [0.2, 0.25) is 0 Å². The van der Waals surface area contributed by atoms with Gasteiger partial charge in [0.1, 0.15) is 11.3 Å². The Morgan fingerprint density at radius 3 is 2.74 bits per heavy atom. The molecule has 0 aliphatic rings. The van der Waals surface area contributed by atoms with E-state index in [9.17, 15) is 4.21 Å². The summed E-state index contributed by atoms with van der Waals surface area (Å²) in [5.41, 5.74) is 2.89. The van der Waals surface area contributed by atoms with Gasteiger partial charge < -0.3 is 4.57 Å². The van der Waals surface area contributed by atoms with Gasteiger partial charge in [-0.1, -0.05) is 0 Å². The van der Waals surface area contributed by atoms with E-state index in [4.69, 9.17) is 11.6 Å². The fourth-order valence-corrected chi connectivity index (χ4v) is 2.83. The Labute approximate surface area is 120 Å². The molecule has 1 unspecified atom stereocenters. The quantitative estimate of drug-likeness (QED) is 0.764. The van der Waals surface area contributed by atoms with Gasteiger partial charge in [-0.05, 0) is 13.8 Å². The number of hydrogen-bond donors (Lipinski definition) is 0. The molecule has 0 N–H and O–H groups in total. The minimum absolute atomic E-state index is 0.535. The average molecular weight is 303 g/mol. The normalized spacial score (nSPS) is 13.3. The molecular weight excluding hydrogens is 284 g/mol. The minimum atomic E-state index is -0.818. The third-order valence-corrected chi connectivity index (χ3v) is 4.04. The Bertz CT molecular complexity index is 604. The molecule has 0 saturated carbocycles. The average Bonchev–Trinajstić information content (AvgIpc) is 2.86. The molecule has 2 aromatic heterocycles. The number of aryl methyl sites for hydroxylation is 4. The summed E-state index contributed by atoms with van der Waals surface area (Å²) in [6.07, 6.45) is 2.44. The van der Waals surface area contributed by atoms with Crippen LogP contribution in [0.4, 0.5) is 0 Å². The highest BCUT2D eigenvalue weighted by molar-refractivity contribution is 7.84. The topological polar surface area (TPSA) is 52.7 Å². The predicted molar refractivity (Wildman–Crippen MR) is 79.3 cm³/mol. The third kappa shape index (κ3) is 2.84. The van der Waals surface area contributed by atoms with E-state index in [1.165, 1.54) is 0 Å². The van der Waals surface area contributed by atoms with Gasteiger partial charge in [-0.25, -0.2) is 9.67 Å². The molecule has 19 heavy (non-hydrogen) atoms. The lowest BCUT2D eigenvalue weighted by atomic mass is 10.4. The van der Waals surface area contributed by atoms with Crippen molar-refractivity contribution in [3.05, 3.63) is 11.5 Å². The lowest BCUT2D eigenvalue weighted by Gasteiger charge is -2.08. The van der Waals surface area contributed by atoms with E-state index in [1.807, 2.05) is 11.6 Å². The van der Waals surface area contributed by atoms with Gasteiger partial charge in [-0.2, -0.15) is 5.10 Å². The third-order valence-electron chi connectivity index (χ3n) is 3.10. The second-order valence-corrected chi connectivity index (χ2v) is 6.40. The zero-order chi connectivity index (χ0) is 14.0. The van der Waals surface area contributed by atoms with Crippen LogP contribution in [0.3, 0.4) is 0 Å². The standard InChI is InChI=1S/C12H19ClN4OS/c1-4-17-12-11(9(2)15-17)14-10(5-6-13)16(12)7-8-19(3)18/h4-8H2,1-3H3. The van der Waals surface area contributed by atoms with Crippen LogP contribution in [-0.4, -0.2) is 41.4 Å². The molecule has 2 rings (SSSR count). The van der Waals surface area contributed by atoms with Crippen molar-refractivity contribution in [1.82, 2.24) is 19.3 Å². The predicted octanol–water partition coefficient (Wildman–Crippen LogP) is 1.72. The van der Waals surface area contributed by atoms with Gasteiger partial charge in [0, 0.05) is 48.2 Å². The van der Waals surface area contributed by atoms with Gasteiger partial charge in [-0.15, -0.1) is 11.6 Å². The largest absolute Gasteiger partial charge is 0.312 e. The highest BCUT2D eigenvalue weighted by Gasteiger charge is 2.17. The zero-order valence-electron chi connectivity index (χ0n) is 11.5. The van der Waals surface area contributed by atoms with E-state index in [0.717, 1.165) is 35.6 Å². The molecule has 0 spiro atoms. The molecule has 0 aliphatic heterocycles. The SMILES string of the molecule is CCn1nc(C)c2nc(CCCl)n(CCS(C)=O)c21. The van der Waals surface area contributed by atoms with E-state index >= 15 is 0 Å². The maximum atomic E-state index is 11.3. The van der Waals surface area contributed by atoms with Crippen LogP contribution in [-0.2, 0) is 30.3 Å². The van der Waals surface area contributed by atoms with Crippen molar-refractivity contribution in [2.45, 2.75) is 33.4 Å². The lowest BCUT2D eigenvalue weighted by Crippen LogP contribution is -2.13. The van der Waals surface area contributed by atoms with Crippen molar-refractivity contribution >= 4 is 33.6 Å². The van der Waals surface area contributed by atoms with Gasteiger partial charge >= 0.3 is 0 Å². The molecule has 0 fully saturated rings. The number of rotatable bonds is 6. The first-order valence-corrected chi connectivity index (χ1v) is 8.63. The van der Waals surface area contributed by atoms with Gasteiger partial charge in [0.2, 0.25) is 0 Å². The Morgan fingerprint density at radius 2 is 2.16 bits per heavy atom. The van der Waals surface area contributed by atoms with E-state index in [0.29, 0.717) is 18.2 Å². The Hall–Kier alpha value is -0.880. The molecule has 0 radical (unpaired) electrons. The van der Waals surface area contributed by atoms with E-state index in [2.05, 4.69) is 21.6 Å². The summed E-state index contributed by atoms with van der Waals surface area (Å²) in [4.78, 5) is 4.64. The molecule has 2 aromatic rings. The van der Waals surface area contributed by atoms with Crippen LogP contribution >= 0.6 is 11.6 Å². The Kier molecular flexibility index (Phi) is 4.62. The highest BCUT2D eigenvalue weighted by Crippen LogP contribution is 2.20. The molecule has 0 aliphatic carbocycles. The van der Waals surface area contributed by atoms with Crippen LogP contribution in [0.25, 0.3) is 11.2 Å². The maximum Gasteiger partial charge on any atom is 0.158 e. The first kappa shape index (κ1) is 14.5. The van der Waals surface area contributed by atoms with Crippen molar-refractivity contribution in [2.75, 3.05) is 17.9 Å². The van der Waals surface area contributed by atoms with Crippen molar-refractivity contribution < 1.29 is 4.21 Å². The molecule has 5 nitrogen and oxygen atoms in total. The molecule has 1 atom stereocenters. The van der Waals surface area contributed by atoms with Crippen LogP contribution in [0, 0.1) is 6.92 Å². The summed E-state index contributed by atoms with van der Waals surface area (Å²) in [7, 11) is -0.818. The van der Waals surface area contributed by atoms with Gasteiger partial charge in [-0.3, -0.25) is 4.21 Å². The summed E-state index contributed by atoms with van der Waals surface area (Å²) in [5, 5.41) is 4.48. The van der Waals surface area contributed by atoms with Crippen molar-refractivity contribution in [2.24, 2.45) is 0 Å². The number of fused-ring (bicyclic) bond motifs is 1. The Morgan fingerprint density at radius 1 is 1.42 bits per heavy atom. The maximum absolute atomic E-state index is 11.3. The summed E-state index contributed by atoms with van der Waals surface area (Å²) in [5.74, 6) is 2.11. The molecule has 0 saturated heterocycles. The second-order valence-electron chi connectivity index (χ2n) is 4.47. The number of hydrogen-bond acceptors (Lipinski definition) is 3. The number of halogens is 1. The van der Waals surface area contributed by atoms with Crippen molar-refractivity contribution in [3.63, 3.8) is 0 Å². The van der Waals surface area contributed by atoms with Gasteiger partial charge in [0.15, 0.2) is 5.65 Å². The number of aromatic nitrogens is 4. The molecule has 2 heterocycles. The molecule has 106 valence electrons. The second kappa shape index (κ2) is 6.05. The fraction of sp³-hybridized carbons (Fsp3) is 0.667. The first-order valence-electron chi connectivity index (χ1n) is 6.37. The Balaban J connectivity index is 2.53. The van der Waals surface area contributed by atoms with Gasteiger partial charge in [0.05, 0.1) is 5.69 Å². The van der Waals surface area contributed by atoms with Crippen molar-refractivity contribution in [1.29, 1.82) is 0 Å². The molecule has 0 bridgehead atoms. The lowest BCUT2D eigenvalue weighted by molar-refractivity contribution is 0.626. The van der Waals surface area contributed by atoms with Crippen LogP contribution in [0.1, 0.15) is 18.4 Å². The van der Waals surface area contributed by atoms with Crippen molar-refractivity contribution in [3.8, 4) is 0 Å². The number of alkyl halides is 1. The number of nitrogens with zero attached hydrogens (tertiary/aromatic N) is 4. The van der Waals surface area contributed by atoms with Crippen LogP contribution in [0.5, 0.6) is 0 Å². The molecular formula is C12H19ClN4OS. The molecule has 0 aromatic carbocycles. The number of imidazole rings is 1. The molecule has 0 amide bonds. The smallest absolute Gasteiger partial charge is 0.158 e. The monoisotopic (exact) mass is 302 g/mol. The van der Waals surface area contributed by atoms with E-state index in [-0.39, 0.29) is 0 Å².